The number of aryl methyl sites for hydroxylation is 1. The zero-order chi connectivity index (χ0) is 18.9. The number of aromatic nitrogens is 1. The second-order valence-electron chi connectivity index (χ2n) is 5.58. The molecule has 3 rings (SSSR count). The van der Waals surface area contributed by atoms with Crippen molar-refractivity contribution in [1.29, 1.82) is 0 Å². The summed E-state index contributed by atoms with van der Waals surface area (Å²) in [6, 6.07) is 4.12. The summed E-state index contributed by atoms with van der Waals surface area (Å²) in [4.78, 5) is 26.1. The molecule has 1 saturated heterocycles. The van der Waals surface area contributed by atoms with E-state index in [4.69, 9.17) is 16.3 Å². The molecule has 0 aliphatic carbocycles. The number of anilines is 1. The molecule has 26 heavy (non-hydrogen) atoms. The van der Waals surface area contributed by atoms with Gasteiger partial charge in [-0.2, -0.15) is 4.31 Å². The number of aromatic amines is 1. The van der Waals surface area contributed by atoms with Gasteiger partial charge in [-0.05, 0) is 25.1 Å². The molecular formula is C15H16ClN3O5S2. The number of rotatable bonds is 4. The number of H-pyrrole nitrogens is 1. The molecule has 140 valence electrons. The molecule has 0 unspecified atom stereocenters. The van der Waals surface area contributed by atoms with Gasteiger partial charge in [0.1, 0.15) is 4.88 Å². The van der Waals surface area contributed by atoms with Crippen LogP contribution in [0.15, 0.2) is 27.9 Å². The Labute approximate surface area is 158 Å². The van der Waals surface area contributed by atoms with Gasteiger partial charge in [-0.3, -0.25) is 9.59 Å². The number of ether oxygens (including phenoxy) is 1. The first-order chi connectivity index (χ1) is 12.3. The van der Waals surface area contributed by atoms with Gasteiger partial charge in [-0.25, -0.2) is 8.42 Å². The van der Waals surface area contributed by atoms with Crippen molar-refractivity contribution in [2.24, 2.45) is 0 Å². The number of hydrogen-bond acceptors (Lipinski definition) is 6. The Morgan fingerprint density at radius 3 is 2.65 bits per heavy atom. The third kappa shape index (κ3) is 3.84. The lowest BCUT2D eigenvalue weighted by atomic mass is 10.3. The van der Waals surface area contributed by atoms with Crippen LogP contribution in [0, 0.1) is 6.92 Å². The Kier molecular flexibility index (Phi) is 5.49. The van der Waals surface area contributed by atoms with E-state index in [1.807, 2.05) is 0 Å². The normalized spacial score (nSPS) is 15.8. The number of thiazole rings is 1. The molecular weight excluding hydrogens is 402 g/mol. The minimum Gasteiger partial charge on any atom is -0.379 e. The first-order valence-corrected chi connectivity index (χ1v) is 10.3. The van der Waals surface area contributed by atoms with E-state index in [1.165, 1.54) is 22.5 Å². The van der Waals surface area contributed by atoms with Gasteiger partial charge in [0.25, 0.3) is 5.91 Å². The van der Waals surface area contributed by atoms with Crippen LogP contribution >= 0.6 is 22.9 Å². The predicted molar refractivity (Wildman–Crippen MR) is 98.7 cm³/mol. The van der Waals surface area contributed by atoms with Gasteiger partial charge in [0.05, 0.1) is 28.8 Å². The zero-order valence-electron chi connectivity index (χ0n) is 13.7. The van der Waals surface area contributed by atoms with Crippen LogP contribution in [0.3, 0.4) is 0 Å². The fraction of sp³-hybridized carbons (Fsp3) is 0.333. The molecule has 0 spiro atoms. The Hall–Kier alpha value is -1.72. The van der Waals surface area contributed by atoms with Crippen molar-refractivity contribution in [3.63, 3.8) is 0 Å². The monoisotopic (exact) mass is 417 g/mol. The molecule has 1 aromatic heterocycles. The highest BCUT2D eigenvalue weighted by molar-refractivity contribution is 7.89. The zero-order valence-corrected chi connectivity index (χ0v) is 16.1. The molecule has 2 aromatic rings. The number of carbonyl (C=O) groups excluding carboxylic acids is 1. The topological polar surface area (TPSA) is 109 Å². The number of morpholine rings is 1. The average molecular weight is 418 g/mol. The standard InChI is InChI=1S/C15H16ClN3O5S2/c1-9-13(25-15(21)17-9)14(20)18-12-8-10(2-3-11(12)16)26(22,23)19-4-6-24-7-5-19/h2-3,8H,4-7H2,1H3,(H,17,21)(H,18,20). The van der Waals surface area contributed by atoms with Gasteiger partial charge in [-0.1, -0.05) is 22.9 Å². The van der Waals surface area contributed by atoms with Crippen LogP contribution in [0.4, 0.5) is 5.69 Å². The van der Waals surface area contributed by atoms with Crippen molar-refractivity contribution >= 4 is 44.6 Å². The summed E-state index contributed by atoms with van der Waals surface area (Å²) < 4.78 is 32.0. The van der Waals surface area contributed by atoms with Crippen molar-refractivity contribution in [2.45, 2.75) is 11.8 Å². The first-order valence-electron chi connectivity index (χ1n) is 7.67. The SMILES string of the molecule is Cc1[nH]c(=O)sc1C(=O)Nc1cc(S(=O)(=O)N2CCOCC2)ccc1Cl. The second-order valence-corrected chi connectivity index (χ2v) is 8.91. The number of sulfonamides is 1. The highest BCUT2D eigenvalue weighted by Crippen LogP contribution is 2.28. The number of hydrogen-bond donors (Lipinski definition) is 2. The number of amides is 1. The van der Waals surface area contributed by atoms with Crippen LogP contribution in [0.25, 0.3) is 0 Å². The fourth-order valence-electron chi connectivity index (χ4n) is 2.50. The van der Waals surface area contributed by atoms with E-state index < -0.39 is 15.9 Å². The van der Waals surface area contributed by atoms with E-state index in [1.54, 1.807) is 6.92 Å². The quantitative estimate of drug-likeness (QED) is 0.786. The van der Waals surface area contributed by atoms with Crippen LogP contribution in [0.5, 0.6) is 0 Å². The Balaban J connectivity index is 1.89. The lowest BCUT2D eigenvalue weighted by Crippen LogP contribution is -2.40. The molecule has 8 nitrogen and oxygen atoms in total. The molecule has 0 saturated carbocycles. The molecule has 2 heterocycles. The van der Waals surface area contributed by atoms with Crippen LogP contribution in [-0.2, 0) is 14.8 Å². The molecule has 2 N–H and O–H groups in total. The molecule has 1 aromatic carbocycles. The largest absolute Gasteiger partial charge is 0.379 e. The second kappa shape index (κ2) is 7.49. The van der Waals surface area contributed by atoms with Crippen molar-refractivity contribution in [1.82, 2.24) is 9.29 Å². The van der Waals surface area contributed by atoms with Crippen LogP contribution in [0.2, 0.25) is 5.02 Å². The Morgan fingerprint density at radius 2 is 2.04 bits per heavy atom. The minimum atomic E-state index is -3.72. The molecule has 0 bridgehead atoms. The van der Waals surface area contributed by atoms with Crippen molar-refractivity contribution in [3.8, 4) is 0 Å². The number of benzene rings is 1. The van der Waals surface area contributed by atoms with Gasteiger partial charge in [0.15, 0.2) is 0 Å². The molecule has 0 radical (unpaired) electrons. The van der Waals surface area contributed by atoms with E-state index in [-0.39, 0.29) is 38.4 Å². The highest BCUT2D eigenvalue weighted by Gasteiger charge is 2.27. The molecule has 1 fully saturated rings. The Bertz CT molecular complexity index is 993. The van der Waals surface area contributed by atoms with Crippen molar-refractivity contribution in [2.75, 3.05) is 31.6 Å². The van der Waals surface area contributed by atoms with Crippen molar-refractivity contribution in [3.05, 3.63) is 43.5 Å². The van der Waals surface area contributed by atoms with E-state index in [0.29, 0.717) is 18.9 Å². The van der Waals surface area contributed by atoms with E-state index >= 15 is 0 Å². The van der Waals surface area contributed by atoms with Gasteiger partial charge >= 0.3 is 4.87 Å². The third-order valence-electron chi connectivity index (χ3n) is 3.82. The summed E-state index contributed by atoms with van der Waals surface area (Å²) in [5, 5.41) is 2.76. The summed E-state index contributed by atoms with van der Waals surface area (Å²) in [7, 11) is -3.72. The van der Waals surface area contributed by atoms with Gasteiger partial charge in [-0.15, -0.1) is 0 Å². The molecule has 1 aliphatic rings. The lowest BCUT2D eigenvalue weighted by molar-refractivity contribution is 0.0730. The summed E-state index contributed by atoms with van der Waals surface area (Å²) in [6.45, 7) is 2.81. The summed E-state index contributed by atoms with van der Waals surface area (Å²) in [6.07, 6.45) is 0. The average Bonchev–Trinajstić information content (AvgIpc) is 2.96. The highest BCUT2D eigenvalue weighted by atomic mass is 35.5. The van der Waals surface area contributed by atoms with E-state index in [9.17, 15) is 18.0 Å². The van der Waals surface area contributed by atoms with Gasteiger partial charge in [0.2, 0.25) is 10.0 Å². The van der Waals surface area contributed by atoms with E-state index in [0.717, 1.165) is 11.3 Å². The molecule has 1 amide bonds. The maximum atomic E-state index is 12.7. The fourth-order valence-corrected chi connectivity index (χ4v) is 4.83. The summed E-state index contributed by atoms with van der Waals surface area (Å²) in [5.41, 5.74) is 0.594. The maximum absolute atomic E-state index is 12.7. The Morgan fingerprint density at radius 1 is 1.35 bits per heavy atom. The van der Waals surface area contributed by atoms with Crippen LogP contribution in [0.1, 0.15) is 15.4 Å². The number of nitrogens with zero attached hydrogens (tertiary/aromatic N) is 1. The smallest absolute Gasteiger partial charge is 0.305 e. The van der Waals surface area contributed by atoms with Crippen LogP contribution < -0.4 is 10.2 Å². The van der Waals surface area contributed by atoms with E-state index in [2.05, 4.69) is 10.3 Å². The predicted octanol–water partition coefficient (Wildman–Crippen LogP) is 1.67. The molecule has 0 atom stereocenters. The van der Waals surface area contributed by atoms with Gasteiger partial charge < -0.3 is 15.0 Å². The van der Waals surface area contributed by atoms with Gasteiger partial charge in [0, 0.05) is 18.8 Å². The lowest BCUT2D eigenvalue weighted by Gasteiger charge is -2.26. The number of halogens is 1. The summed E-state index contributed by atoms with van der Waals surface area (Å²) >= 11 is 6.87. The molecule has 1 aliphatic heterocycles. The van der Waals surface area contributed by atoms with Crippen LogP contribution in [-0.4, -0.2) is 49.9 Å². The first kappa shape index (κ1) is 19.1. The summed E-state index contributed by atoms with van der Waals surface area (Å²) in [5.74, 6) is -0.534. The third-order valence-corrected chi connectivity index (χ3v) is 7.03. The molecule has 11 heteroatoms. The van der Waals surface area contributed by atoms with Crippen molar-refractivity contribution < 1.29 is 17.9 Å². The maximum Gasteiger partial charge on any atom is 0.305 e. The number of carbonyl (C=O) groups is 1. The minimum absolute atomic E-state index is 0.0260. The number of nitrogens with one attached hydrogen (secondary N) is 2.